The third-order valence-corrected chi connectivity index (χ3v) is 7.54. The second-order valence-corrected chi connectivity index (χ2v) is 12.4. The Morgan fingerprint density at radius 3 is 2.25 bits per heavy atom. The Morgan fingerprint density at radius 2 is 1.72 bits per heavy atom. The van der Waals surface area contributed by atoms with Crippen LogP contribution in [-0.2, 0) is 24.0 Å². The van der Waals surface area contributed by atoms with Crippen LogP contribution in [0.5, 0.6) is 0 Å². The number of ketones is 1. The quantitative estimate of drug-likeness (QED) is 0.258. The lowest BCUT2D eigenvalue weighted by atomic mass is 9.86. The Labute approximate surface area is 221 Å². The summed E-state index contributed by atoms with van der Waals surface area (Å²) in [7, 11) is 5.41. The lowest BCUT2D eigenvalue weighted by Gasteiger charge is -2.29. The molecular weight excluding hydrogens is 480 g/mol. The first-order chi connectivity index (χ1) is 16.7. The van der Waals surface area contributed by atoms with Crippen LogP contribution in [0.2, 0.25) is 0 Å². The summed E-state index contributed by atoms with van der Waals surface area (Å²) in [5.41, 5.74) is -0.596. The smallest absolute Gasteiger partial charge is 0.243 e. The number of unbranched alkanes of at least 4 members (excludes halogenated alkanes) is 2. The molecule has 1 saturated heterocycles. The van der Waals surface area contributed by atoms with Gasteiger partial charge in [-0.3, -0.25) is 28.9 Å². The summed E-state index contributed by atoms with van der Waals surface area (Å²) in [6, 6.07) is -0.951. The molecule has 36 heavy (non-hydrogen) atoms. The molecule has 4 amide bonds. The van der Waals surface area contributed by atoms with Crippen molar-refractivity contribution in [2.75, 3.05) is 40.0 Å². The largest absolute Gasteiger partial charge is 0.353 e. The Kier molecular flexibility index (Phi) is 13.1. The van der Waals surface area contributed by atoms with E-state index in [1.807, 2.05) is 53.6 Å². The van der Waals surface area contributed by atoms with Crippen molar-refractivity contribution in [1.82, 2.24) is 20.0 Å². The summed E-state index contributed by atoms with van der Waals surface area (Å²) in [5.74, 6) is -0.00335. The van der Waals surface area contributed by atoms with Crippen LogP contribution in [0.1, 0.15) is 73.1 Å². The van der Waals surface area contributed by atoms with Gasteiger partial charge in [0.15, 0.2) is 0 Å². The molecule has 206 valence electrons. The molecule has 1 heterocycles. The van der Waals surface area contributed by atoms with Gasteiger partial charge in [-0.05, 0) is 46.5 Å². The van der Waals surface area contributed by atoms with E-state index in [1.165, 1.54) is 21.6 Å². The Hall–Kier alpha value is -1.94. The topological polar surface area (TPSA) is 107 Å². The van der Waals surface area contributed by atoms with Gasteiger partial charge in [0.1, 0.15) is 11.8 Å². The number of likely N-dealkylation sites (tertiary alicyclic amines) is 1. The minimum absolute atomic E-state index is 0.0162. The summed E-state index contributed by atoms with van der Waals surface area (Å²) in [6.45, 7) is 10.2. The van der Waals surface area contributed by atoms with Crippen LogP contribution in [0.3, 0.4) is 0 Å². The van der Waals surface area contributed by atoms with Crippen molar-refractivity contribution in [2.24, 2.45) is 5.41 Å². The second-order valence-electron chi connectivity index (χ2n) is 11.1. The van der Waals surface area contributed by atoms with Gasteiger partial charge < -0.3 is 15.1 Å². The summed E-state index contributed by atoms with van der Waals surface area (Å²) in [4.78, 5) is 67.5. The average molecular weight is 527 g/mol. The molecule has 0 saturated carbocycles. The molecule has 1 rings (SSSR count). The van der Waals surface area contributed by atoms with Crippen molar-refractivity contribution in [3.8, 4) is 0 Å². The first kappa shape index (κ1) is 32.1. The first-order valence-corrected chi connectivity index (χ1v) is 13.9. The number of amides is 4. The fourth-order valence-corrected chi connectivity index (χ4v) is 5.01. The van der Waals surface area contributed by atoms with Gasteiger partial charge in [0.2, 0.25) is 23.6 Å². The molecule has 9 nitrogen and oxygen atoms in total. The van der Waals surface area contributed by atoms with E-state index in [4.69, 9.17) is 0 Å². The fourth-order valence-electron chi connectivity index (χ4n) is 3.83. The number of thioether (sulfide) groups is 1. The lowest BCUT2D eigenvalue weighted by Crippen LogP contribution is -2.50. The van der Waals surface area contributed by atoms with E-state index in [0.29, 0.717) is 19.5 Å². The van der Waals surface area contributed by atoms with Gasteiger partial charge in [-0.1, -0.05) is 27.2 Å². The molecule has 2 atom stereocenters. The molecular formula is C26H46N4O5S. The Morgan fingerprint density at radius 1 is 1.08 bits per heavy atom. The van der Waals surface area contributed by atoms with Crippen molar-refractivity contribution in [3.05, 3.63) is 0 Å². The third-order valence-electron chi connectivity index (χ3n) is 6.25. The van der Waals surface area contributed by atoms with Gasteiger partial charge in [-0.2, -0.15) is 0 Å². The zero-order valence-electron chi connectivity index (χ0n) is 23.4. The van der Waals surface area contributed by atoms with Crippen molar-refractivity contribution < 1.29 is 24.0 Å². The van der Waals surface area contributed by atoms with Gasteiger partial charge in [0.25, 0.3) is 0 Å². The maximum atomic E-state index is 12.9. The van der Waals surface area contributed by atoms with Crippen molar-refractivity contribution >= 4 is 41.2 Å². The molecule has 1 aliphatic rings. The number of Topliss-reactive ketones (excluding diaryl/α,β-unsaturated/α-hetero) is 1. The number of hydrogen-bond donors (Lipinski definition) is 1. The molecule has 0 spiro atoms. The van der Waals surface area contributed by atoms with Gasteiger partial charge in [0, 0.05) is 50.9 Å². The molecule has 0 aromatic heterocycles. The van der Waals surface area contributed by atoms with Gasteiger partial charge >= 0.3 is 0 Å². The number of likely N-dealkylation sites (N-methyl/N-ethyl adjacent to an activating group) is 2. The molecule has 0 aromatic rings. The van der Waals surface area contributed by atoms with E-state index in [2.05, 4.69) is 5.32 Å². The molecule has 2 unspecified atom stereocenters. The van der Waals surface area contributed by atoms with Crippen LogP contribution in [0.15, 0.2) is 0 Å². The number of hydrogen-bond acceptors (Lipinski definition) is 7. The van der Waals surface area contributed by atoms with Gasteiger partial charge in [-0.25, -0.2) is 0 Å². The number of nitrogens with one attached hydrogen (secondary N) is 1. The monoisotopic (exact) mass is 526 g/mol. The van der Waals surface area contributed by atoms with E-state index < -0.39 is 11.5 Å². The molecule has 10 heteroatoms. The standard InChI is InChI=1S/C26H46N4O5S/c1-18(2)30-23(33)17-20(25(30)35)36-15-11-9-10-12-22(32)29(8)19(16-21(31)26(3,4)5)24(34)27-13-14-28(6)7/h18-20H,9-17H2,1-8H3,(H,27,34). The maximum Gasteiger partial charge on any atom is 0.243 e. The van der Waals surface area contributed by atoms with Crippen LogP contribution in [-0.4, -0.2) is 101 Å². The fraction of sp³-hybridized carbons (Fsp3) is 0.808. The molecule has 0 bridgehead atoms. The summed E-state index contributed by atoms with van der Waals surface area (Å²) in [5, 5.41) is 2.54. The number of carbonyl (C=O) groups is 5. The number of carbonyl (C=O) groups excluding carboxylic acids is 5. The van der Waals surface area contributed by atoms with E-state index in [0.717, 1.165) is 18.6 Å². The third kappa shape index (κ3) is 10.2. The highest BCUT2D eigenvalue weighted by Crippen LogP contribution is 2.27. The molecule has 1 aliphatic heterocycles. The van der Waals surface area contributed by atoms with E-state index >= 15 is 0 Å². The van der Waals surface area contributed by atoms with Crippen molar-refractivity contribution in [2.45, 2.75) is 90.5 Å². The molecule has 0 aromatic carbocycles. The molecule has 1 fully saturated rings. The summed E-state index contributed by atoms with van der Waals surface area (Å²) < 4.78 is 0. The van der Waals surface area contributed by atoms with Gasteiger partial charge in [0.05, 0.1) is 5.25 Å². The molecule has 0 radical (unpaired) electrons. The van der Waals surface area contributed by atoms with Crippen LogP contribution in [0, 0.1) is 5.41 Å². The predicted molar refractivity (Wildman–Crippen MR) is 144 cm³/mol. The van der Waals surface area contributed by atoms with Crippen molar-refractivity contribution in [1.29, 1.82) is 0 Å². The second kappa shape index (κ2) is 14.7. The van der Waals surface area contributed by atoms with Crippen molar-refractivity contribution in [3.63, 3.8) is 0 Å². The number of nitrogens with zero attached hydrogens (tertiary/aromatic N) is 3. The maximum absolute atomic E-state index is 12.9. The zero-order valence-corrected chi connectivity index (χ0v) is 24.2. The van der Waals surface area contributed by atoms with E-state index in [-0.39, 0.29) is 60.0 Å². The zero-order chi connectivity index (χ0) is 27.6. The Bertz CT molecular complexity index is 794. The van der Waals surface area contributed by atoms with Crippen LogP contribution in [0.4, 0.5) is 0 Å². The Balaban J connectivity index is 2.53. The van der Waals surface area contributed by atoms with Crippen LogP contribution in [0.25, 0.3) is 0 Å². The highest BCUT2D eigenvalue weighted by molar-refractivity contribution is 8.00. The van der Waals surface area contributed by atoms with Crippen LogP contribution >= 0.6 is 11.8 Å². The SMILES string of the molecule is CC(C)N1C(=O)CC(SCCCCCC(=O)N(C)C(CC(=O)C(C)(C)C)C(=O)NCCN(C)C)C1=O. The van der Waals surface area contributed by atoms with Crippen LogP contribution < -0.4 is 5.32 Å². The minimum atomic E-state index is -0.836. The molecule has 1 N–H and O–H groups in total. The summed E-state index contributed by atoms with van der Waals surface area (Å²) in [6.07, 6.45) is 2.82. The average Bonchev–Trinajstić information content (AvgIpc) is 3.05. The highest BCUT2D eigenvalue weighted by Gasteiger charge is 2.39. The normalized spacial score (nSPS) is 17.2. The predicted octanol–water partition coefficient (Wildman–Crippen LogP) is 2.33. The van der Waals surface area contributed by atoms with E-state index in [1.54, 1.807) is 7.05 Å². The number of imide groups is 1. The number of rotatable bonds is 15. The van der Waals surface area contributed by atoms with Gasteiger partial charge in [-0.15, -0.1) is 11.8 Å². The lowest BCUT2D eigenvalue weighted by molar-refractivity contribution is -0.142. The molecule has 0 aliphatic carbocycles. The highest BCUT2D eigenvalue weighted by atomic mass is 32.2. The first-order valence-electron chi connectivity index (χ1n) is 12.9. The minimum Gasteiger partial charge on any atom is -0.353 e. The van der Waals surface area contributed by atoms with E-state index in [9.17, 15) is 24.0 Å². The summed E-state index contributed by atoms with van der Waals surface area (Å²) >= 11 is 1.51.